The highest BCUT2D eigenvalue weighted by molar-refractivity contribution is 14.1. The Morgan fingerprint density at radius 2 is 1.94 bits per heavy atom. The van der Waals surface area contributed by atoms with Gasteiger partial charge in [-0.2, -0.15) is 0 Å². The molecule has 0 bridgehead atoms. The van der Waals surface area contributed by atoms with Crippen LogP contribution in [-0.4, -0.2) is 16.6 Å². The van der Waals surface area contributed by atoms with E-state index in [0.717, 1.165) is 9.26 Å². The molecule has 1 atom stereocenters. The Hall–Kier alpha value is -0.430. The number of rotatable bonds is 4. The molecule has 2 N–H and O–H groups in total. The van der Waals surface area contributed by atoms with Gasteiger partial charge < -0.3 is 10.5 Å². The molecule has 0 saturated heterocycles. The van der Waals surface area contributed by atoms with Crippen LogP contribution in [0.5, 0.6) is 0 Å². The van der Waals surface area contributed by atoms with E-state index >= 15 is 0 Å². The second-order valence-corrected chi connectivity index (χ2v) is 5.00. The smallest absolute Gasteiger partial charge is 0.159 e. The van der Waals surface area contributed by atoms with Crippen LogP contribution in [0.4, 0.5) is 5.82 Å². The average molecular weight is 335 g/mol. The molecule has 0 spiro atoms. The van der Waals surface area contributed by atoms with Crippen LogP contribution in [0.3, 0.4) is 0 Å². The molecular weight excluding hydrogens is 317 g/mol. The van der Waals surface area contributed by atoms with Crippen molar-refractivity contribution in [1.82, 2.24) is 9.97 Å². The first kappa shape index (κ1) is 13.6. The van der Waals surface area contributed by atoms with E-state index in [4.69, 9.17) is 10.5 Å². The highest BCUT2D eigenvalue weighted by Gasteiger charge is 2.16. The van der Waals surface area contributed by atoms with Gasteiger partial charge in [-0.15, -0.1) is 0 Å². The summed E-state index contributed by atoms with van der Waals surface area (Å²) in [6, 6.07) is 0. The van der Waals surface area contributed by atoms with E-state index in [2.05, 4.69) is 46.4 Å². The highest BCUT2D eigenvalue weighted by Crippen LogP contribution is 2.25. The molecule has 4 nitrogen and oxygen atoms in total. The Labute approximate surface area is 110 Å². The summed E-state index contributed by atoms with van der Waals surface area (Å²) in [7, 11) is 0. The van der Waals surface area contributed by atoms with Crippen molar-refractivity contribution in [3.8, 4) is 0 Å². The Morgan fingerprint density at radius 3 is 2.44 bits per heavy atom. The fraction of sp³-hybridized carbons (Fsp3) is 0.636. The van der Waals surface area contributed by atoms with Gasteiger partial charge in [0.05, 0.1) is 9.26 Å². The minimum atomic E-state index is -0.109. The molecule has 0 radical (unpaired) electrons. The lowest BCUT2D eigenvalue weighted by molar-refractivity contribution is 0.0699. The van der Waals surface area contributed by atoms with E-state index in [1.54, 1.807) is 0 Å². The third kappa shape index (κ3) is 3.04. The lowest BCUT2D eigenvalue weighted by atomic mass is 10.1. The number of halogens is 1. The van der Waals surface area contributed by atoms with Crippen molar-refractivity contribution in [2.24, 2.45) is 0 Å². The van der Waals surface area contributed by atoms with Gasteiger partial charge in [-0.1, -0.05) is 13.8 Å². The maximum Gasteiger partial charge on any atom is 0.159 e. The summed E-state index contributed by atoms with van der Waals surface area (Å²) in [5, 5.41) is 0. The SMILES string of the molecule is CCOC(C)c1nc(N)c(I)c(C(C)C)n1. The monoisotopic (exact) mass is 335 g/mol. The van der Waals surface area contributed by atoms with Gasteiger partial charge in [0, 0.05) is 6.61 Å². The van der Waals surface area contributed by atoms with Crippen LogP contribution in [0.15, 0.2) is 0 Å². The van der Waals surface area contributed by atoms with Crippen LogP contribution in [0.2, 0.25) is 0 Å². The molecule has 1 heterocycles. The molecule has 1 unspecified atom stereocenters. The number of hydrogen-bond donors (Lipinski definition) is 1. The van der Waals surface area contributed by atoms with E-state index in [-0.39, 0.29) is 6.10 Å². The number of nitrogens with zero attached hydrogens (tertiary/aromatic N) is 2. The minimum Gasteiger partial charge on any atom is -0.383 e. The fourth-order valence-electron chi connectivity index (χ4n) is 1.39. The van der Waals surface area contributed by atoms with E-state index in [1.165, 1.54) is 0 Å². The molecule has 1 rings (SSSR count). The predicted molar refractivity (Wildman–Crippen MR) is 73.3 cm³/mol. The normalized spacial score (nSPS) is 13.1. The Balaban J connectivity index is 3.13. The minimum absolute atomic E-state index is 0.109. The van der Waals surface area contributed by atoms with Crippen molar-refractivity contribution < 1.29 is 4.74 Å². The second kappa shape index (κ2) is 5.77. The van der Waals surface area contributed by atoms with Crippen molar-refractivity contribution in [3.63, 3.8) is 0 Å². The van der Waals surface area contributed by atoms with Crippen molar-refractivity contribution in [1.29, 1.82) is 0 Å². The van der Waals surface area contributed by atoms with Crippen LogP contribution >= 0.6 is 22.6 Å². The molecule has 0 aliphatic heterocycles. The molecule has 0 aliphatic rings. The molecule has 0 amide bonds. The van der Waals surface area contributed by atoms with Gasteiger partial charge in [0.25, 0.3) is 0 Å². The molecule has 0 fully saturated rings. The highest BCUT2D eigenvalue weighted by atomic mass is 127. The topological polar surface area (TPSA) is 61.0 Å². The lowest BCUT2D eigenvalue weighted by Crippen LogP contribution is -2.12. The van der Waals surface area contributed by atoms with Gasteiger partial charge in [0.15, 0.2) is 5.82 Å². The third-order valence-corrected chi connectivity index (χ3v) is 3.35. The first-order chi connectivity index (χ1) is 7.47. The Bertz CT molecular complexity index is 368. The van der Waals surface area contributed by atoms with E-state index in [9.17, 15) is 0 Å². The molecule has 0 saturated carbocycles. The van der Waals surface area contributed by atoms with Crippen LogP contribution in [0.1, 0.15) is 51.2 Å². The fourth-order valence-corrected chi connectivity index (χ4v) is 2.25. The van der Waals surface area contributed by atoms with Crippen molar-refractivity contribution in [2.75, 3.05) is 12.3 Å². The molecule has 90 valence electrons. The van der Waals surface area contributed by atoms with Crippen LogP contribution in [0, 0.1) is 3.57 Å². The zero-order valence-electron chi connectivity index (χ0n) is 10.1. The standard InChI is InChI=1S/C11H18IN3O/c1-5-16-7(4)11-14-9(6(2)3)8(12)10(13)15-11/h6-7H,5H2,1-4H3,(H2,13,14,15). The summed E-state index contributed by atoms with van der Waals surface area (Å²) in [6.07, 6.45) is -0.109. The molecule has 16 heavy (non-hydrogen) atoms. The van der Waals surface area contributed by atoms with Crippen molar-refractivity contribution in [2.45, 2.75) is 39.7 Å². The van der Waals surface area contributed by atoms with Crippen LogP contribution < -0.4 is 5.73 Å². The van der Waals surface area contributed by atoms with Crippen molar-refractivity contribution in [3.05, 3.63) is 15.1 Å². The largest absolute Gasteiger partial charge is 0.383 e. The van der Waals surface area contributed by atoms with Gasteiger partial charge >= 0.3 is 0 Å². The molecular formula is C11H18IN3O. The van der Waals surface area contributed by atoms with Gasteiger partial charge in [0.1, 0.15) is 11.9 Å². The molecule has 1 aromatic heterocycles. The number of aromatic nitrogens is 2. The Kier molecular flexibility index (Phi) is 4.91. The maximum atomic E-state index is 5.88. The number of anilines is 1. The number of hydrogen-bond acceptors (Lipinski definition) is 4. The molecule has 0 aromatic carbocycles. The van der Waals surface area contributed by atoms with Gasteiger partial charge in [-0.25, -0.2) is 9.97 Å². The zero-order valence-corrected chi connectivity index (χ0v) is 12.3. The average Bonchev–Trinajstić information content (AvgIpc) is 2.21. The summed E-state index contributed by atoms with van der Waals surface area (Å²) in [6.45, 7) is 8.73. The molecule has 5 heteroatoms. The van der Waals surface area contributed by atoms with Crippen LogP contribution in [-0.2, 0) is 4.74 Å². The van der Waals surface area contributed by atoms with E-state index < -0.39 is 0 Å². The zero-order chi connectivity index (χ0) is 12.3. The summed E-state index contributed by atoms with van der Waals surface area (Å²) in [5.41, 5.74) is 6.87. The third-order valence-electron chi connectivity index (χ3n) is 2.25. The summed E-state index contributed by atoms with van der Waals surface area (Å²) in [4.78, 5) is 8.80. The number of nitrogen functional groups attached to an aromatic ring is 1. The molecule has 0 aliphatic carbocycles. The van der Waals surface area contributed by atoms with Crippen molar-refractivity contribution >= 4 is 28.4 Å². The van der Waals surface area contributed by atoms with Gasteiger partial charge in [-0.3, -0.25) is 0 Å². The summed E-state index contributed by atoms with van der Waals surface area (Å²) in [5.74, 6) is 1.55. The predicted octanol–water partition coefficient (Wildman–Crippen LogP) is 2.88. The lowest BCUT2D eigenvalue weighted by Gasteiger charge is -2.15. The maximum absolute atomic E-state index is 5.88. The number of ether oxygens (including phenoxy) is 1. The second-order valence-electron chi connectivity index (χ2n) is 3.92. The van der Waals surface area contributed by atoms with E-state index in [0.29, 0.717) is 24.2 Å². The summed E-state index contributed by atoms with van der Waals surface area (Å²) < 4.78 is 6.42. The summed E-state index contributed by atoms with van der Waals surface area (Å²) >= 11 is 2.19. The van der Waals surface area contributed by atoms with Gasteiger partial charge in [0.2, 0.25) is 0 Å². The molecule has 1 aromatic rings. The first-order valence-corrected chi connectivity index (χ1v) is 6.49. The van der Waals surface area contributed by atoms with E-state index in [1.807, 2.05) is 13.8 Å². The quantitative estimate of drug-likeness (QED) is 0.860. The first-order valence-electron chi connectivity index (χ1n) is 5.41. The Morgan fingerprint density at radius 1 is 1.31 bits per heavy atom. The number of nitrogens with two attached hydrogens (primary N) is 1. The van der Waals surface area contributed by atoms with Gasteiger partial charge in [-0.05, 0) is 42.4 Å². The van der Waals surface area contributed by atoms with Crippen LogP contribution in [0.25, 0.3) is 0 Å².